The Bertz CT molecular complexity index is 1160. The summed E-state index contributed by atoms with van der Waals surface area (Å²) >= 11 is 12.5. The molecule has 30 heavy (non-hydrogen) atoms. The number of carbonyl (C=O) groups excluding carboxylic acids is 1. The summed E-state index contributed by atoms with van der Waals surface area (Å²) in [5.74, 6) is 0.480. The highest BCUT2D eigenvalue weighted by atomic mass is 35.5. The third-order valence-electron chi connectivity index (χ3n) is 5.52. The number of amidine groups is 1. The Labute approximate surface area is 184 Å². The lowest BCUT2D eigenvalue weighted by Gasteiger charge is -2.36. The minimum absolute atomic E-state index is 0.0801. The molecule has 2 heterocycles. The number of benzene rings is 3. The van der Waals surface area contributed by atoms with Crippen LogP contribution in [0.5, 0.6) is 0 Å². The molecular weight excluding hydrogens is 421 g/mol. The number of fused-ring (bicyclic) bond motifs is 3. The zero-order valence-corrected chi connectivity index (χ0v) is 17.6. The maximum absolute atomic E-state index is 13.1. The molecule has 2 aliphatic rings. The zero-order chi connectivity index (χ0) is 20.9. The summed E-state index contributed by atoms with van der Waals surface area (Å²) in [6.45, 7) is 0.0825. The largest absolute Gasteiger partial charge is 0.355 e. The van der Waals surface area contributed by atoms with Gasteiger partial charge in [0.1, 0.15) is 6.54 Å². The number of amides is 1. The van der Waals surface area contributed by atoms with E-state index >= 15 is 0 Å². The van der Waals surface area contributed by atoms with E-state index in [2.05, 4.69) is 5.16 Å². The van der Waals surface area contributed by atoms with Gasteiger partial charge in [-0.3, -0.25) is 9.69 Å². The maximum atomic E-state index is 13.1. The molecule has 1 atom stereocenters. The number of nitrogens with zero attached hydrogens (tertiary/aromatic N) is 3. The van der Waals surface area contributed by atoms with Crippen molar-refractivity contribution in [2.75, 3.05) is 18.5 Å². The second-order valence-corrected chi connectivity index (χ2v) is 8.10. The Kier molecular flexibility index (Phi) is 4.45. The lowest BCUT2D eigenvalue weighted by molar-refractivity contribution is -0.123. The summed E-state index contributed by atoms with van der Waals surface area (Å²) in [4.78, 5) is 22.9. The fourth-order valence-corrected chi connectivity index (χ4v) is 4.32. The van der Waals surface area contributed by atoms with Crippen LogP contribution in [0.1, 0.15) is 16.7 Å². The van der Waals surface area contributed by atoms with Crippen LogP contribution in [0.4, 0.5) is 5.69 Å². The number of carbonyl (C=O) groups is 1. The normalized spacial score (nSPS) is 20.2. The van der Waals surface area contributed by atoms with Crippen molar-refractivity contribution in [2.45, 2.75) is 5.72 Å². The van der Waals surface area contributed by atoms with Gasteiger partial charge in [-0.2, -0.15) is 0 Å². The molecule has 0 radical (unpaired) electrons. The van der Waals surface area contributed by atoms with E-state index in [0.29, 0.717) is 15.9 Å². The lowest BCUT2D eigenvalue weighted by Crippen LogP contribution is -2.49. The molecule has 0 aliphatic carbocycles. The van der Waals surface area contributed by atoms with E-state index in [4.69, 9.17) is 28.0 Å². The first-order chi connectivity index (χ1) is 14.5. The summed E-state index contributed by atoms with van der Waals surface area (Å²) in [6.07, 6.45) is 0. The van der Waals surface area contributed by atoms with Crippen LogP contribution in [0.2, 0.25) is 10.0 Å². The number of anilines is 1. The first-order valence-electron chi connectivity index (χ1n) is 9.42. The number of halogens is 2. The zero-order valence-electron chi connectivity index (χ0n) is 16.0. The molecule has 0 saturated heterocycles. The van der Waals surface area contributed by atoms with Gasteiger partial charge in [-0.05, 0) is 42.5 Å². The third kappa shape index (κ3) is 2.77. The van der Waals surface area contributed by atoms with Crippen LogP contribution in [0.25, 0.3) is 0 Å². The molecule has 5 rings (SSSR count). The summed E-state index contributed by atoms with van der Waals surface area (Å²) in [5.41, 5.74) is 2.00. The first-order valence-corrected chi connectivity index (χ1v) is 10.2. The Morgan fingerprint density at radius 1 is 0.967 bits per heavy atom. The van der Waals surface area contributed by atoms with E-state index in [1.807, 2.05) is 59.5 Å². The molecule has 5 nitrogen and oxygen atoms in total. The highest BCUT2D eigenvalue weighted by Gasteiger charge is 2.54. The van der Waals surface area contributed by atoms with Gasteiger partial charge in [0.15, 0.2) is 5.84 Å². The number of hydrogen-bond donors (Lipinski definition) is 0. The first kappa shape index (κ1) is 19.0. The van der Waals surface area contributed by atoms with Gasteiger partial charge in [-0.15, -0.1) is 0 Å². The average Bonchev–Trinajstić information content (AvgIpc) is 3.10. The van der Waals surface area contributed by atoms with Crippen LogP contribution in [0.15, 0.2) is 78.0 Å². The van der Waals surface area contributed by atoms with Gasteiger partial charge in [-0.25, -0.2) is 0 Å². The van der Waals surface area contributed by atoms with Crippen molar-refractivity contribution in [1.29, 1.82) is 0 Å². The smallest absolute Gasteiger partial charge is 0.265 e. The molecule has 0 bridgehead atoms. The monoisotopic (exact) mass is 437 g/mol. The van der Waals surface area contributed by atoms with Crippen LogP contribution < -0.4 is 4.90 Å². The van der Waals surface area contributed by atoms with E-state index in [1.54, 1.807) is 30.1 Å². The Hall–Kier alpha value is -3.02. The van der Waals surface area contributed by atoms with Crippen LogP contribution in [0, 0.1) is 0 Å². The van der Waals surface area contributed by atoms with Crippen molar-refractivity contribution in [1.82, 2.24) is 4.90 Å². The highest BCUT2D eigenvalue weighted by molar-refractivity contribution is 6.31. The second-order valence-electron chi connectivity index (χ2n) is 7.22. The molecule has 0 spiro atoms. The lowest BCUT2D eigenvalue weighted by atomic mass is 9.91. The molecule has 0 fully saturated rings. The molecule has 7 heteroatoms. The van der Waals surface area contributed by atoms with Gasteiger partial charge in [0.05, 0.1) is 5.69 Å². The topological polar surface area (TPSA) is 45.1 Å². The van der Waals surface area contributed by atoms with Crippen molar-refractivity contribution in [2.24, 2.45) is 5.16 Å². The molecular formula is C23H17Cl2N3O2. The van der Waals surface area contributed by atoms with E-state index in [-0.39, 0.29) is 12.5 Å². The van der Waals surface area contributed by atoms with Crippen LogP contribution in [0.3, 0.4) is 0 Å². The van der Waals surface area contributed by atoms with Gasteiger partial charge >= 0.3 is 0 Å². The number of hydrogen-bond acceptors (Lipinski definition) is 4. The van der Waals surface area contributed by atoms with Gasteiger partial charge in [0.2, 0.25) is 5.91 Å². The third-order valence-corrected chi connectivity index (χ3v) is 6.01. The van der Waals surface area contributed by atoms with Gasteiger partial charge in [0, 0.05) is 33.8 Å². The predicted molar refractivity (Wildman–Crippen MR) is 118 cm³/mol. The minimum atomic E-state index is -1.13. The minimum Gasteiger partial charge on any atom is -0.355 e. The van der Waals surface area contributed by atoms with Crippen molar-refractivity contribution in [3.05, 3.63) is 99.5 Å². The molecule has 0 unspecified atom stereocenters. The molecule has 1 amide bonds. The van der Waals surface area contributed by atoms with Gasteiger partial charge in [0.25, 0.3) is 5.72 Å². The maximum Gasteiger partial charge on any atom is 0.265 e. The molecule has 2 aliphatic heterocycles. The standard InChI is InChI=1S/C23H17Cl2N3O2/c1-27-20-12-11-18(25)13-19(20)23(16-5-3-2-4-6-16)28(14-21(27)29)22(26-30-23)15-7-9-17(24)10-8-15/h2-13H,14H2,1H3/t23-/m1/s1. The fraction of sp³-hybridized carbons (Fsp3) is 0.130. The van der Waals surface area contributed by atoms with Gasteiger partial charge < -0.3 is 9.74 Å². The van der Waals surface area contributed by atoms with Crippen LogP contribution in [-0.2, 0) is 15.4 Å². The second kappa shape index (κ2) is 7.04. The average molecular weight is 438 g/mol. The molecule has 0 aromatic heterocycles. The molecule has 3 aromatic carbocycles. The van der Waals surface area contributed by atoms with Crippen molar-refractivity contribution < 1.29 is 9.63 Å². The van der Waals surface area contributed by atoms with Gasteiger partial charge in [-0.1, -0.05) is 58.7 Å². The van der Waals surface area contributed by atoms with E-state index in [9.17, 15) is 4.79 Å². The number of rotatable bonds is 2. The van der Waals surface area contributed by atoms with Crippen molar-refractivity contribution >= 4 is 40.6 Å². The summed E-state index contributed by atoms with van der Waals surface area (Å²) in [5, 5.41) is 5.62. The fourth-order valence-electron chi connectivity index (χ4n) is 4.02. The summed E-state index contributed by atoms with van der Waals surface area (Å²) in [6, 6.07) is 22.5. The molecule has 3 aromatic rings. The molecule has 150 valence electrons. The van der Waals surface area contributed by atoms with E-state index in [1.165, 1.54) is 0 Å². The Morgan fingerprint density at radius 3 is 2.40 bits per heavy atom. The van der Waals surface area contributed by atoms with E-state index < -0.39 is 5.72 Å². The van der Waals surface area contributed by atoms with Crippen molar-refractivity contribution in [3.63, 3.8) is 0 Å². The number of oxime groups is 1. The Balaban J connectivity index is 1.78. The molecule has 0 saturated carbocycles. The van der Waals surface area contributed by atoms with Crippen molar-refractivity contribution in [3.8, 4) is 0 Å². The molecule has 0 N–H and O–H groups in total. The van der Waals surface area contributed by atoms with Crippen LogP contribution in [-0.4, -0.2) is 30.2 Å². The highest BCUT2D eigenvalue weighted by Crippen LogP contribution is 2.48. The van der Waals surface area contributed by atoms with Crippen LogP contribution >= 0.6 is 23.2 Å². The number of likely N-dealkylation sites (N-methyl/N-ethyl adjacent to an activating group) is 1. The summed E-state index contributed by atoms with van der Waals surface area (Å²) < 4.78 is 0. The quantitative estimate of drug-likeness (QED) is 0.574. The predicted octanol–water partition coefficient (Wildman–Crippen LogP) is 4.86. The summed E-state index contributed by atoms with van der Waals surface area (Å²) in [7, 11) is 1.76. The van der Waals surface area contributed by atoms with E-state index in [0.717, 1.165) is 22.4 Å². The SMILES string of the molecule is CN1C(=O)CN2C(c3ccc(Cl)cc3)=NO[C@]2(c2ccccc2)c2cc(Cl)ccc21. The Morgan fingerprint density at radius 2 is 1.67 bits per heavy atom.